The average molecular weight is 381 g/mol. The Hall–Kier alpha value is -2.04. The number of hydrogen-bond donors (Lipinski definition) is 1. The quantitative estimate of drug-likeness (QED) is 0.767. The van der Waals surface area contributed by atoms with Crippen molar-refractivity contribution in [2.24, 2.45) is 11.8 Å². The number of ether oxygens (including phenoxy) is 2. The summed E-state index contributed by atoms with van der Waals surface area (Å²) in [5, 5.41) is 0. The second-order valence-corrected chi connectivity index (χ2v) is 8.31. The van der Waals surface area contributed by atoms with Gasteiger partial charge in [-0.05, 0) is 54.7 Å². The number of hydrogen-bond acceptors (Lipinski definition) is 4. The van der Waals surface area contributed by atoms with Crippen LogP contribution in [0.25, 0.3) is 0 Å². The summed E-state index contributed by atoms with van der Waals surface area (Å²) in [6.07, 6.45) is 4.81. The van der Waals surface area contributed by atoms with Gasteiger partial charge in [-0.2, -0.15) is 0 Å². The first kappa shape index (κ1) is 19.3. The van der Waals surface area contributed by atoms with Crippen LogP contribution in [-0.2, 0) is 16.8 Å². The number of piperidine rings is 1. The maximum absolute atomic E-state index is 6.36. The number of rotatable bonds is 6. The van der Waals surface area contributed by atoms with Crippen LogP contribution in [0.15, 0.2) is 48.5 Å². The van der Waals surface area contributed by atoms with E-state index < -0.39 is 0 Å². The molecule has 4 rings (SSSR count). The molecule has 2 atom stereocenters. The Balaban J connectivity index is 1.53. The fourth-order valence-corrected chi connectivity index (χ4v) is 5.47. The lowest BCUT2D eigenvalue weighted by molar-refractivity contribution is -0.168. The van der Waals surface area contributed by atoms with Gasteiger partial charge in [0, 0.05) is 44.3 Å². The van der Waals surface area contributed by atoms with Crippen molar-refractivity contribution in [3.05, 3.63) is 59.7 Å². The minimum absolute atomic E-state index is 0.190. The average Bonchev–Trinajstić information content (AvgIpc) is 2.72. The highest BCUT2D eigenvalue weighted by molar-refractivity contribution is 5.39. The van der Waals surface area contributed by atoms with Crippen molar-refractivity contribution in [2.75, 3.05) is 39.6 Å². The van der Waals surface area contributed by atoms with Crippen LogP contribution < -0.4 is 10.5 Å². The molecule has 0 spiro atoms. The van der Waals surface area contributed by atoms with Crippen LogP contribution in [0.1, 0.15) is 30.4 Å². The molecule has 1 saturated heterocycles. The van der Waals surface area contributed by atoms with Gasteiger partial charge in [-0.15, -0.1) is 0 Å². The van der Waals surface area contributed by atoms with Gasteiger partial charge >= 0.3 is 0 Å². The van der Waals surface area contributed by atoms with Gasteiger partial charge in [-0.1, -0.05) is 30.7 Å². The van der Waals surface area contributed by atoms with E-state index >= 15 is 0 Å². The SMILES string of the molecule is COc1cccc(C2(OC)C3CCCC2CN(CCc2ccc(N)cc2)C3)c1. The number of nitrogen functional groups attached to an aromatic ring is 1. The molecule has 4 nitrogen and oxygen atoms in total. The lowest BCUT2D eigenvalue weighted by Crippen LogP contribution is -2.59. The normalized spacial score (nSPS) is 27.5. The van der Waals surface area contributed by atoms with E-state index in [1.54, 1.807) is 7.11 Å². The third-order valence-corrected chi connectivity index (χ3v) is 6.83. The summed E-state index contributed by atoms with van der Waals surface area (Å²) in [7, 11) is 3.63. The molecule has 1 aliphatic heterocycles. The molecule has 1 aliphatic carbocycles. The van der Waals surface area contributed by atoms with Crippen LogP contribution in [0.5, 0.6) is 5.75 Å². The molecule has 150 valence electrons. The van der Waals surface area contributed by atoms with Gasteiger partial charge < -0.3 is 20.1 Å². The van der Waals surface area contributed by atoms with E-state index in [4.69, 9.17) is 15.2 Å². The summed E-state index contributed by atoms with van der Waals surface area (Å²) in [5.41, 5.74) is 9.10. The molecule has 0 amide bonds. The number of methoxy groups -OCH3 is 2. The molecule has 28 heavy (non-hydrogen) atoms. The Kier molecular flexibility index (Phi) is 5.61. The van der Waals surface area contributed by atoms with Crippen LogP contribution in [0, 0.1) is 11.8 Å². The molecular weight excluding hydrogens is 348 g/mol. The number of nitrogens with two attached hydrogens (primary N) is 1. The molecule has 2 bridgehead atoms. The fraction of sp³-hybridized carbons (Fsp3) is 0.500. The first-order valence-corrected chi connectivity index (χ1v) is 10.4. The minimum Gasteiger partial charge on any atom is -0.497 e. The first-order chi connectivity index (χ1) is 13.7. The Morgan fingerprint density at radius 2 is 1.75 bits per heavy atom. The van der Waals surface area contributed by atoms with Gasteiger partial charge in [0.1, 0.15) is 11.4 Å². The highest BCUT2D eigenvalue weighted by Gasteiger charge is 2.53. The van der Waals surface area contributed by atoms with Crippen LogP contribution >= 0.6 is 0 Å². The van der Waals surface area contributed by atoms with Crippen molar-refractivity contribution in [2.45, 2.75) is 31.3 Å². The summed E-state index contributed by atoms with van der Waals surface area (Å²) in [6.45, 7) is 3.28. The van der Waals surface area contributed by atoms with E-state index in [1.807, 2.05) is 25.3 Å². The summed E-state index contributed by atoms with van der Waals surface area (Å²) in [5.74, 6) is 1.95. The van der Waals surface area contributed by atoms with Crippen molar-refractivity contribution >= 4 is 5.69 Å². The lowest BCUT2D eigenvalue weighted by atomic mass is 9.62. The summed E-state index contributed by atoms with van der Waals surface area (Å²) in [4.78, 5) is 2.64. The van der Waals surface area contributed by atoms with Crippen LogP contribution in [-0.4, -0.2) is 38.8 Å². The fourth-order valence-electron chi connectivity index (χ4n) is 5.47. The molecule has 4 heteroatoms. The molecule has 1 heterocycles. The van der Waals surface area contributed by atoms with Crippen molar-refractivity contribution in [3.63, 3.8) is 0 Å². The van der Waals surface area contributed by atoms with E-state index in [0.29, 0.717) is 11.8 Å². The van der Waals surface area contributed by atoms with E-state index in [9.17, 15) is 0 Å². The minimum atomic E-state index is -0.190. The van der Waals surface area contributed by atoms with Crippen LogP contribution in [0.3, 0.4) is 0 Å². The maximum atomic E-state index is 6.36. The third-order valence-electron chi connectivity index (χ3n) is 6.83. The van der Waals surface area contributed by atoms with Gasteiger partial charge in [-0.25, -0.2) is 0 Å². The maximum Gasteiger partial charge on any atom is 0.119 e. The van der Waals surface area contributed by atoms with E-state index in [-0.39, 0.29) is 5.60 Å². The van der Waals surface area contributed by atoms with Crippen molar-refractivity contribution in [3.8, 4) is 5.75 Å². The predicted octanol–water partition coefficient (Wildman–Crippen LogP) is 4.09. The van der Waals surface area contributed by atoms with Gasteiger partial charge in [-0.3, -0.25) is 0 Å². The zero-order valence-corrected chi connectivity index (χ0v) is 17.1. The van der Waals surface area contributed by atoms with E-state index in [0.717, 1.165) is 37.5 Å². The van der Waals surface area contributed by atoms with E-state index in [2.05, 4.69) is 35.2 Å². The van der Waals surface area contributed by atoms with Crippen LogP contribution in [0.2, 0.25) is 0 Å². The molecule has 0 aromatic heterocycles. The summed E-state index contributed by atoms with van der Waals surface area (Å²) >= 11 is 0. The largest absolute Gasteiger partial charge is 0.497 e. The lowest BCUT2D eigenvalue weighted by Gasteiger charge is -2.55. The number of fused-ring (bicyclic) bond motifs is 2. The van der Waals surface area contributed by atoms with Gasteiger partial charge in [0.25, 0.3) is 0 Å². The number of anilines is 1. The second-order valence-electron chi connectivity index (χ2n) is 8.31. The molecule has 2 N–H and O–H groups in total. The summed E-state index contributed by atoms with van der Waals surface area (Å²) < 4.78 is 11.9. The van der Waals surface area contributed by atoms with Crippen molar-refractivity contribution < 1.29 is 9.47 Å². The molecule has 2 unspecified atom stereocenters. The Labute approximate surface area is 168 Å². The summed E-state index contributed by atoms with van der Waals surface area (Å²) in [6, 6.07) is 16.8. The third kappa shape index (κ3) is 3.51. The van der Waals surface area contributed by atoms with Crippen LogP contribution in [0.4, 0.5) is 5.69 Å². The Morgan fingerprint density at radius 1 is 1.04 bits per heavy atom. The smallest absolute Gasteiger partial charge is 0.119 e. The van der Waals surface area contributed by atoms with Gasteiger partial charge in [0.05, 0.1) is 7.11 Å². The highest BCUT2D eigenvalue weighted by Crippen LogP contribution is 2.51. The predicted molar refractivity (Wildman–Crippen MR) is 114 cm³/mol. The van der Waals surface area contributed by atoms with Crippen molar-refractivity contribution in [1.82, 2.24) is 4.90 Å². The number of nitrogens with zero attached hydrogens (tertiary/aromatic N) is 1. The van der Waals surface area contributed by atoms with Gasteiger partial charge in [0.2, 0.25) is 0 Å². The molecule has 1 saturated carbocycles. The zero-order chi connectivity index (χ0) is 19.6. The second kappa shape index (κ2) is 8.14. The zero-order valence-electron chi connectivity index (χ0n) is 17.1. The molecule has 2 aromatic carbocycles. The molecule has 2 fully saturated rings. The van der Waals surface area contributed by atoms with E-state index in [1.165, 1.54) is 30.4 Å². The Morgan fingerprint density at radius 3 is 2.39 bits per heavy atom. The number of benzene rings is 2. The molecule has 0 radical (unpaired) electrons. The monoisotopic (exact) mass is 380 g/mol. The number of likely N-dealkylation sites (tertiary alicyclic amines) is 1. The standard InChI is InChI=1S/C24H32N2O2/c1-27-23-8-4-5-19(15-23)24(28-2)20-6-3-7-21(24)17-26(16-20)14-13-18-9-11-22(25)12-10-18/h4-5,8-12,15,20-21H,3,6-7,13-14,16-17,25H2,1-2H3. The first-order valence-electron chi connectivity index (χ1n) is 10.4. The Bertz CT molecular complexity index is 775. The highest BCUT2D eigenvalue weighted by atomic mass is 16.5. The topological polar surface area (TPSA) is 47.7 Å². The van der Waals surface area contributed by atoms with Gasteiger partial charge in [0.15, 0.2) is 0 Å². The molecular formula is C24H32N2O2. The molecule has 2 aromatic rings. The van der Waals surface area contributed by atoms with Crippen molar-refractivity contribution in [1.29, 1.82) is 0 Å². The molecule has 2 aliphatic rings.